The van der Waals surface area contributed by atoms with Crippen molar-refractivity contribution in [3.05, 3.63) is 58.3 Å². The second-order valence-corrected chi connectivity index (χ2v) is 5.84. The molecule has 1 aromatic carbocycles. The number of amides is 1. The van der Waals surface area contributed by atoms with Crippen LogP contribution in [0.3, 0.4) is 0 Å². The Morgan fingerprint density at radius 1 is 1.12 bits per heavy atom. The lowest BCUT2D eigenvalue weighted by atomic mass is 10.1. The minimum Gasteiger partial charge on any atom is -0.506 e. The van der Waals surface area contributed by atoms with Crippen LogP contribution < -0.4 is 5.32 Å². The molecule has 3 aromatic rings. The zero-order valence-corrected chi connectivity index (χ0v) is 14.9. The highest BCUT2D eigenvalue weighted by Gasteiger charge is 2.16. The molecule has 0 bridgehead atoms. The van der Waals surface area contributed by atoms with E-state index in [0.717, 1.165) is 6.92 Å². The van der Waals surface area contributed by atoms with Crippen molar-refractivity contribution in [3.8, 4) is 5.75 Å². The predicted molar refractivity (Wildman–Crippen MR) is 98.9 cm³/mol. The Bertz CT molecular complexity index is 975. The number of aliphatic carboxylic acids is 1. The number of carbonyl (C=O) groups is 2. The number of carbonyl (C=O) groups excluding carboxylic acids is 1. The van der Waals surface area contributed by atoms with Crippen LogP contribution in [0.1, 0.15) is 17.3 Å². The number of rotatable bonds is 2. The van der Waals surface area contributed by atoms with Crippen molar-refractivity contribution in [2.24, 2.45) is 0 Å². The van der Waals surface area contributed by atoms with E-state index in [1.807, 2.05) is 0 Å². The number of carboxylic acid groups (broad SMARTS) is 1. The van der Waals surface area contributed by atoms with Gasteiger partial charge in [0.15, 0.2) is 5.82 Å². The first kappa shape index (κ1) is 19.4. The van der Waals surface area contributed by atoms with Gasteiger partial charge in [-0.15, -0.1) is 0 Å². The first-order valence-electron chi connectivity index (χ1n) is 7.18. The fourth-order valence-corrected chi connectivity index (χ4v) is 2.40. The third-order valence-electron chi connectivity index (χ3n) is 3.03. The van der Waals surface area contributed by atoms with Gasteiger partial charge < -0.3 is 15.5 Å². The standard InChI is InChI=1S/C15H9Cl2N3O2.C2H4O2/c16-8-5-11(17)14(19-6-8)20-15(22)10-7-18-12-4-2-1-3-9(12)13(10)21;1-2(3)4/h1-7H,(H,18,21)(H,19,20,22);1H3,(H,3,4). The molecule has 0 aliphatic rings. The molecular weight excluding hydrogens is 381 g/mol. The van der Waals surface area contributed by atoms with Crippen LogP contribution in [0.25, 0.3) is 10.9 Å². The Morgan fingerprint density at radius 3 is 2.42 bits per heavy atom. The van der Waals surface area contributed by atoms with Crippen molar-refractivity contribution in [2.75, 3.05) is 5.32 Å². The van der Waals surface area contributed by atoms with Gasteiger partial charge in [-0.05, 0) is 18.2 Å². The van der Waals surface area contributed by atoms with Gasteiger partial charge in [-0.25, -0.2) is 4.98 Å². The average Bonchev–Trinajstić information content (AvgIpc) is 2.57. The molecule has 0 aliphatic heterocycles. The molecule has 0 radical (unpaired) electrons. The van der Waals surface area contributed by atoms with Crippen LogP contribution >= 0.6 is 23.2 Å². The van der Waals surface area contributed by atoms with Gasteiger partial charge in [0.1, 0.15) is 11.3 Å². The zero-order chi connectivity index (χ0) is 19.3. The molecule has 0 saturated carbocycles. The van der Waals surface area contributed by atoms with Gasteiger partial charge >= 0.3 is 0 Å². The highest BCUT2D eigenvalue weighted by Crippen LogP contribution is 2.28. The van der Waals surface area contributed by atoms with E-state index in [4.69, 9.17) is 33.1 Å². The molecule has 2 heterocycles. The van der Waals surface area contributed by atoms with Crippen LogP contribution in [0.4, 0.5) is 5.82 Å². The van der Waals surface area contributed by atoms with E-state index in [1.165, 1.54) is 18.5 Å². The minimum atomic E-state index is -0.833. The molecule has 2 aromatic heterocycles. The van der Waals surface area contributed by atoms with E-state index in [9.17, 15) is 9.90 Å². The number of hydrogen-bond acceptors (Lipinski definition) is 5. The third kappa shape index (κ3) is 4.81. The summed E-state index contributed by atoms with van der Waals surface area (Å²) in [5.74, 6) is -1.38. The van der Waals surface area contributed by atoms with Crippen molar-refractivity contribution < 1.29 is 19.8 Å². The molecule has 9 heteroatoms. The number of benzene rings is 1. The normalized spacial score (nSPS) is 9.96. The van der Waals surface area contributed by atoms with Crippen molar-refractivity contribution in [1.29, 1.82) is 0 Å². The van der Waals surface area contributed by atoms with Gasteiger partial charge in [0.25, 0.3) is 11.9 Å². The van der Waals surface area contributed by atoms with E-state index < -0.39 is 11.9 Å². The molecule has 7 nitrogen and oxygen atoms in total. The number of fused-ring (bicyclic) bond motifs is 1. The highest BCUT2D eigenvalue weighted by atomic mass is 35.5. The number of pyridine rings is 2. The third-order valence-corrected chi connectivity index (χ3v) is 3.53. The van der Waals surface area contributed by atoms with E-state index in [0.29, 0.717) is 15.9 Å². The number of hydrogen-bond donors (Lipinski definition) is 3. The van der Waals surface area contributed by atoms with Crippen molar-refractivity contribution >= 4 is 51.8 Å². The topological polar surface area (TPSA) is 112 Å². The SMILES string of the molecule is CC(=O)O.O=C(Nc1ncc(Cl)cc1Cl)c1cnc2ccccc2c1O. The van der Waals surface area contributed by atoms with Gasteiger partial charge in [0.2, 0.25) is 0 Å². The molecular formula is C17H13Cl2N3O4. The van der Waals surface area contributed by atoms with Gasteiger partial charge in [-0.1, -0.05) is 35.3 Å². The summed E-state index contributed by atoms with van der Waals surface area (Å²) >= 11 is 11.7. The molecule has 26 heavy (non-hydrogen) atoms. The first-order chi connectivity index (χ1) is 12.3. The van der Waals surface area contributed by atoms with Gasteiger partial charge in [0, 0.05) is 24.7 Å². The van der Waals surface area contributed by atoms with E-state index in [-0.39, 0.29) is 22.2 Å². The number of nitrogens with zero attached hydrogens (tertiary/aromatic N) is 2. The van der Waals surface area contributed by atoms with Crippen molar-refractivity contribution in [3.63, 3.8) is 0 Å². The fraction of sp³-hybridized carbons (Fsp3) is 0.0588. The van der Waals surface area contributed by atoms with Crippen molar-refractivity contribution in [2.45, 2.75) is 6.92 Å². The van der Waals surface area contributed by atoms with Gasteiger partial charge in [0.05, 0.1) is 15.6 Å². The summed E-state index contributed by atoms with van der Waals surface area (Å²) in [5, 5.41) is 21.2. The maximum atomic E-state index is 12.3. The molecule has 3 N–H and O–H groups in total. The van der Waals surface area contributed by atoms with Crippen LogP contribution in [0.15, 0.2) is 42.7 Å². The second kappa shape index (κ2) is 8.46. The van der Waals surface area contributed by atoms with E-state index >= 15 is 0 Å². The van der Waals surface area contributed by atoms with Crippen LogP contribution in [0.2, 0.25) is 10.0 Å². The maximum Gasteiger partial charge on any atom is 0.300 e. The number of halogens is 2. The zero-order valence-electron chi connectivity index (χ0n) is 13.4. The van der Waals surface area contributed by atoms with Crippen LogP contribution in [-0.4, -0.2) is 32.1 Å². The number of anilines is 1. The van der Waals surface area contributed by atoms with Crippen LogP contribution in [0.5, 0.6) is 5.75 Å². The van der Waals surface area contributed by atoms with Gasteiger partial charge in [-0.2, -0.15) is 0 Å². The molecule has 0 atom stereocenters. The maximum absolute atomic E-state index is 12.3. The second-order valence-electron chi connectivity index (χ2n) is 4.99. The molecule has 3 rings (SSSR count). The Kier molecular flexibility index (Phi) is 6.32. The summed E-state index contributed by atoms with van der Waals surface area (Å²) in [4.78, 5) is 29.4. The molecule has 0 spiro atoms. The summed E-state index contributed by atoms with van der Waals surface area (Å²) < 4.78 is 0. The smallest absolute Gasteiger partial charge is 0.300 e. The summed E-state index contributed by atoms with van der Waals surface area (Å²) in [5.41, 5.74) is 0.630. The van der Waals surface area contributed by atoms with E-state index in [1.54, 1.807) is 24.3 Å². The molecule has 0 unspecified atom stereocenters. The molecule has 0 fully saturated rings. The minimum absolute atomic E-state index is 0.0338. The summed E-state index contributed by atoms with van der Waals surface area (Å²) in [6.07, 6.45) is 2.67. The number of nitrogens with one attached hydrogen (secondary N) is 1. The lowest BCUT2D eigenvalue weighted by Crippen LogP contribution is -2.14. The lowest BCUT2D eigenvalue weighted by molar-refractivity contribution is -0.134. The fourth-order valence-electron chi connectivity index (χ4n) is 1.97. The largest absolute Gasteiger partial charge is 0.506 e. The lowest BCUT2D eigenvalue weighted by Gasteiger charge is -2.09. The Labute approximate surface area is 158 Å². The molecule has 0 aliphatic carbocycles. The van der Waals surface area contributed by atoms with Crippen LogP contribution in [-0.2, 0) is 4.79 Å². The molecule has 1 amide bonds. The Balaban J connectivity index is 0.000000552. The predicted octanol–water partition coefficient (Wildman–Crippen LogP) is 3.99. The summed E-state index contributed by atoms with van der Waals surface area (Å²) in [7, 11) is 0. The summed E-state index contributed by atoms with van der Waals surface area (Å²) in [6.45, 7) is 1.08. The number of aromatic hydroxyl groups is 1. The first-order valence-corrected chi connectivity index (χ1v) is 7.94. The number of carboxylic acids is 1. The number of aromatic nitrogens is 2. The van der Waals surface area contributed by atoms with E-state index in [2.05, 4.69) is 15.3 Å². The summed E-state index contributed by atoms with van der Waals surface area (Å²) in [6, 6.07) is 8.44. The molecule has 134 valence electrons. The Hall–Kier alpha value is -2.90. The van der Waals surface area contributed by atoms with Crippen LogP contribution in [0, 0.1) is 0 Å². The monoisotopic (exact) mass is 393 g/mol. The number of para-hydroxylation sites is 1. The van der Waals surface area contributed by atoms with Gasteiger partial charge in [-0.3, -0.25) is 14.6 Å². The molecule has 0 saturated heterocycles. The van der Waals surface area contributed by atoms with Crippen molar-refractivity contribution in [1.82, 2.24) is 9.97 Å². The quantitative estimate of drug-likeness (QED) is 0.606. The highest BCUT2D eigenvalue weighted by molar-refractivity contribution is 6.36. The Morgan fingerprint density at radius 2 is 1.77 bits per heavy atom. The average molecular weight is 394 g/mol.